The van der Waals surface area contributed by atoms with E-state index in [1.807, 2.05) is 36.4 Å². The Kier molecular flexibility index (Phi) is 4.22. The molecule has 2 heterocycles. The quantitative estimate of drug-likeness (QED) is 0.912. The van der Waals surface area contributed by atoms with Crippen LogP contribution in [0.15, 0.2) is 36.4 Å². The molecule has 1 aromatic heterocycles. The molecule has 5 heteroatoms. The third-order valence-corrected chi connectivity index (χ3v) is 4.72. The van der Waals surface area contributed by atoms with Crippen LogP contribution in [0.2, 0.25) is 0 Å². The van der Waals surface area contributed by atoms with E-state index in [9.17, 15) is 4.79 Å². The lowest BCUT2D eigenvalue weighted by atomic mass is 10.1. The third-order valence-electron chi connectivity index (χ3n) is 3.60. The van der Waals surface area contributed by atoms with E-state index in [0.29, 0.717) is 0 Å². The lowest BCUT2D eigenvalue weighted by Crippen LogP contribution is -2.35. The maximum absolute atomic E-state index is 12.2. The standard InChI is InChI=1S/C16H18N2O2S/c1-20-13-5-3-2-4-12(13)14-6-7-15(21-14)16(19)18-11-8-9-17-10-11/h2-7,11,17H,8-10H2,1H3,(H,18,19)/t11-/m1/s1. The summed E-state index contributed by atoms with van der Waals surface area (Å²) in [6.45, 7) is 1.83. The fraction of sp³-hybridized carbons (Fsp3) is 0.312. The van der Waals surface area contributed by atoms with E-state index in [2.05, 4.69) is 10.6 Å². The van der Waals surface area contributed by atoms with Crippen molar-refractivity contribution in [2.75, 3.05) is 20.2 Å². The summed E-state index contributed by atoms with van der Waals surface area (Å²) in [7, 11) is 1.66. The Hall–Kier alpha value is -1.85. The van der Waals surface area contributed by atoms with E-state index in [0.717, 1.165) is 40.6 Å². The van der Waals surface area contributed by atoms with Crippen LogP contribution in [0.25, 0.3) is 10.4 Å². The monoisotopic (exact) mass is 302 g/mol. The Bertz CT molecular complexity index is 633. The van der Waals surface area contributed by atoms with Crippen molar-refractivity contribution in [1.82, 2.24) is 10.6 Å². The van der Waals surface area contributed by atoms with E-state index >= 15 is 0 Å². The van der Waals surface area contributed by atoms with E-state index in [-0.39, 0.29) is 11.9 Å². The lowest BCUT2D eigenvalue weighted by molar-refractivity contribution is 0.0944. The van der Waals surface area contributed by atoms with Crippen LogP contribution in [-0.2, 0) is 0 Å². The van der Waals surface area contributed by atoms with Crippen LogP contribution in [0.5, 0.6) is 5.75 Å². The number of rotatable bonds is 4. The molecule has 1 saturated heterocycles. The van der Waals surface area contributed by atoms with Crippen LogP contribution in [-0.4, -0.2) is 32.1 Å². The van der Waals surface area contributed by atoms with Crippen LogP contribution < -0.4 is 15.4 Å². The zero-order valence-electron chi connectivity index (χ0n) is 11.9. The Labute approximate surface area is 128 Å². The van der Waals surface area contributed by atoms with Gasteiger partial charge >= 0.3 is 0 Å². The first-order valence-electron chi connectivity index (χ1n) is 7.03. The molecule has 110 valence electrons. The van der Waals surface area contributed by atoms with Crippen molar-refractivity contribution in [3.05, 3.63) is 41.3 Å². The summed E-state index contributed by atoms with van der Waals surface area (Å²) < 4.78 is 5.37. The maximum Gasteiger partial charge on any atom is 0.261 e. The van der Waals surface area contributed by atoms with Gasteiger partial charge in [0.05, 0.1) is 12.0 Å². The van der Waals surface area contributed by atoms with Gasteiger partial charge in [0.25, 0.3) is 5.91 Å². The third kappa shape index (κ3) is 3.09. The van der Waals surface area contributed by atoms with Gasteiger partial charge in [0.1, 0.15) is 5.75 Å². The van der Waals surface area contributed by atoms with Crippen molar-refractivity contribution in [2.45, 2.75) is 12.5 Å². The first kappa shape index (κ1) is 14.1. The highest BCUT2D eigenvalue weighted by Gasteiger charge is 2.19. The van der Waals surface area contributed by atoms with Crippen molar-refractivity contribution in [3.8, 4) is 16.2 Å². The number of hydrogen-bond donors (Lipinski definition) is 2. The summed E-state index contributed by atoms with van der Waals surface area (Å²) in [5.41, 5.74) is 1.02. The number of para-hydroxylation sites is 1. The summed E-state index contributed by atoms with van der Waals surface area (Å²) in [5, 5.41) is 6.31. The summed E-state index contributed by atoms with van der Waals surface area (Å²) in [6.07, 6.45) is 0.997. The second-order valence-corrected chi connectivity index (χ2v) is 6.11. The van der Waals surface area contributed by atoms with Crippen molar-refractivity contribution in [1.29, 1.82) is 0 Å². The molecule has 1 amide bonds. The zero-order chi connectivity index (χ0) is 14.7. The van der Waals surface area contributed by atoms with Gasteiger partial charge < -0.3 is 15.4 Å². The molecular formula is C16H18N2O2S. The van der Waals surface area contributed by atoms with Gasteiger partial charge in [0.2, 0.25) is 0 Å². The molecule has 0 unspecified atom stereocenters. The van der Waals surface area contributed by atoms with Crippen LogP contribution in [0, 0.1) is 0 Å². The van der Waals surface area contributed by atoms with Gasteiger partial charge in [-0.25, -0.2) is 0 Å². The molecule has 1 fully saturated rings. The van der Waals surface area contributed by atoms with Gasteiger partial charge in [0, 0.05) is 23.0 Å². The Morgan fingerprint density at radius 1 is 1.33 bits per heavy atom. The average molecular weight is 302 g/mol. The van der Waals surface area contributed by atoms with Crippen molar-refractivity contribution >= 4 is 17.2 Å². The van der Waals surface area contributed by atoms with Gasteiger partial charge in [0.15, 0.2) is 0 Å². The SMILES string of the molecule is COc1ccccc1-c1ccc(C(=O)N[C@@H]2CCNC2)s1. The number of thiophene rings is 1. The van der Waals surface area contributed by atoms with Gasteiger partial charge in [-0.1, -0.05) is 12.1 Å². The summed E-state index contributed by atoms with van der Waals surface area (Å²) >= 11 is 1.49. The first-order chi connectivity index (χ1) is 10.3. The van der Waals surface area contributed by atoms with Gasteiger partial charge in [-0.05, 0) is 37.2 Å². The fourth-order valence-electron chi connectivity index (χ4n) is 2.49. The number of hydrogen-bond acceptors (Lipinski definition) is 4. The number of carbonyl (C=O) groups is 1. The molecule has 2 aromatic rings. The molecule has 21 heavy (non-hydrogen) atoms. The number of methoxy groups -OCH3 is 1. The molecule has 1 aromatic carbocycles. The van der Waals surface area contributed by atoms with E-state index in [1.54, 1.807) is 7.11 Å². The van der Waals surface area contributed by atoms with Gasteiger partial charge in [-0.15, -0.1) is 11.3 Å². The number of ether oxygens (including phenoxy) is 1. The molecule has 0 spiro atoms. The zero-order valence-corrected chi connectivity index (χ0v) is 12.7. The van der Waals surface area contributed by atoms with Gasteiger partial charge in [-0.2, -0.15) is 0 Å². The minimum absolute atomic E-state index is 0.00912. The predicted octanol–water partition coefficient (Wildman–Crippen LogP) is 2.52. The molecule has 1 aliphatic heterocycles. The Morgan fingerprint density at radius 2 is 2.19 bits per heavy atom. The largest absolute Gasteiger partial charge is 0.496 e. The molecule has 2 N–H and O–H groups in total. The molecule has 0 aliphatic carbocycles. The number of carbonyl (C=O) groups excluding carboxylic acids is 1. The van der Waals surface area contributed by atoms with E-state index in [1.165, 1.54) is 11.3 Å². The van der Waals surface area contributed by atoms with Gasteiger partial charge in [-0.3, -0.25) is 4.79 Å². The highest BCUT2D eigenvalue weighted by atomic mass is 32.1. The summed E-state index contributed by atoms with van der Waals surface area (Å²) in [4.78, 5) is 14.0. The van der Waals surface area contributed by atoms with Crippen LogP contribution in [0.4, 0.5) is 0 Å². The topological polar surface area (TPSA) is 50.4 Å². The highest BCUT2D eigenvalue weighted by Crippen LogP contribution is 2.34. The second-order valence-electron chi connectivity index (χ2n) is 5.03. The molecule has 1 atom stereocenters. The van der Waals surface area contributed by atoms with Crippen molar-refractivity contribution in [3.63, 3.8) is 0 Å². The minimum atomic E-state index is 0.00912. The summed E-state index contributed by atoms with van der Waals surface area (Å²) in [6, 6.07) is 12.0. The molecule has 0 radical (unpaired) electrons. The van der Waals surface area contributed by atoms with E-state index in [4.69, 9.17) is 4.74 Å². The molecule has 0 bridgehead atoms. The van der Waals surface area contributed by atoms with E-state index < -0.39 is 0 Å². The first-order valence-corrected chi connectivity index (χ1v) is 7.84. The Morgan fingerprint density at radius 3 is 2.95 bits per heavy atom. The molecular weight excluding hydrogens is 284 g/mol. The van der Waals surface area contributed by atoms with Crippen molar-refractivity contribution in [2.24, 2.45) is 0 Å². The van der Waals surface area contributed by atoms with Crippen LogP contribution >= 0.6 is 11.3 Å². The Balaban J connectivity index is 1.77. The minimum Gasteiger partial charge on any atom is -0.496 e. The number of amides is 1. The lowest BCUT2D eigenvalue weighted by Gasteiger charge is -2.09. The maximum atomic E-state index is 12.2. The fourth-order valence-corrected chi connectivity index (χ4v) is 3.43. The normalized spacial score (nSPS) is 17.7. The predicted molar refractivity (Wildman–Crippen MR) is 85.0 cm³/mol. The average Bonchev–Trinajstić information content (AvgIpc) is 3.18. The van der Waals surface area contributed by atoms with Crippen molar-refractivity contribution < 1.29 is 9.53 Å². The molecule has 4 nitrogen and oxygen atoms in total. The van der Waals surface area contributed by atoms with Crippen LogP contribution in [0.3, 0.4) is 0 Å². The molecule has 0 saturated carbocycles. The second kappa shape index (κ2) is 6.28. The smallest absolute Gasteiger partial charge is 0.261 e. The number of nitrogens with one attached hydrogen (secondary N) is 2. The van der Waals surface area contributed by atoms with Crippen LogP contribution in [0.1, 0.15) is 16.1 Å². The molecule has 1 aliphatic rings. The molecule has 3 rings (SSSR count). The summed E-state index contributed by atoms with van der Waals surface area (Å²) in [5.74, 6) is 0.834. The highest BCUT2D eigenvalue weighted by molar-refractivity contribution is 7.17. The number of benzene rings is 1.